The summed E-state index contributed by atoms with van der Waals surface area (Å²) in [5, 5.41) is 0. The smallest absolute Gasteiger partial charge is 0.115 e. The number of rotatable bonds is 4. The van der Waals surface area contributed by atoms with Crippen LogP contribution in [0.4, 0.5) is 0 Å². The average molecular weight is 305 g/mol. The molecule has 1 aromatic carbocycles. The molecule has 0 N–H and O–H groups in total. The van der Waals surface area contributed by atoms with Crippen molar-refractivity contribution in [2.75, 3.05) is 0 Å². The fourth-order valence-corrected chi connectivity index (χ4v) is 2.44. The van der Waals surface area contributed by atoms with Gasteiger partial charge in [0.15, 0.2) is 0 Å². The molecule has 3 heteroatoms. The molecule has 0 fully saturated rings. The first-order valence-electron chi connectivity index (χ1n) is 6.16. The number of hydrogen-bond donors (Lipinski definition) is 0. The minimum atomic E-state index is 0.300. The lowest BCUT2D eigenvalue weighted by Gasteiger charge is -2.11. The van der Waals surface area contributed by atoms with Gasteiger partial charge < -0.3 is 0 Å². The van der Waals surface area contributed by atoms with Gasteiger partial charge in [-0.05, 0) is 17.5 Å². The van der Waals surface area contributed by atoms with Crippen LogP contribution in [0.2, 0.25) is 0 Å². The van der Waals surface area contributed by atoms with Gasteiger partial charge in [0.05, 0.1) is 0 Å². The lowest BCUT2D eigenvalue weighted by atomic mass is 10.1. The number of alkyl halides is 1. The Hall–Kier alpha value is -1.22. The van der Waals surface area contributed by atoms with Gasteiger partial charge in [0, 0.05) is 22.6 Å². The van der Waals surface area contributed by atoms with Crippen LogP contribution in [0.3, 0.4) is 0 Å². The van der Waals surface area contributed by atoms with E-state index < -0.39 is 0 Å². The van der Waals surface area contributed by atoms with Crippen LogP contribution in [0.1, 0.15) is 41.5 Å². The summed E-state index contributed by atoms with van der Waals surface area (Å²) < 4.78 is 0. The monoisotopic (exact) mass is 304 g/mol. The van der Waals surface area contributed by atoms with Crippen molar-refractivity contribution in [3.05, 3.63) is 59.7 Å². The molecule has 1 unspecified atom stereocenters. The van der Waals surface area contributed by atoms with Gasteiger partial charge in [-0.15, -0.1) is 0 Å². The van der Waals surface area contributed by atoms with Crippen LogP contribution in [0.15, 0.2) is 42.7 Å². The summed E-state index contributed by atoms with van der Waals surface area (Å²) >= 11 is 3.72. The molecule has 18 heavy (non-hydrogen) atoms. The van der Waals surface area contributed by atoms with Gasteiger partial charge in [-0.3, -0.25) is 0 Å². The fourth-order valence-electron chi connectivity index (χ4n) is 1.81. The Bertz CT molecular complexity index is 497. The lowest BCUT2D eigenvalue weighted by Crippen LogP contribution is -2.01. The Balaban J connectivity index is 2.12. The van der Waals surface area contributed by atoms with Gasteiger partial charge in [0.25, 0.3) is 0 Å². The van der Waals surface area contributed by atoms with Gasteiger partial charge in [-0.1, -0.05) is 60.1 Å². The van der Waals surface area contributed by atoms with Crippen molar-refractivity contribution in [1.29, 1.82) is 0 Å². The van der Waals surface area contributed by atoms with Crippen molar-refractivity contribution in [3.63, 3.8) is 0 Å². The van der Waals surface area contributed by atoms with E-state index in [2.05, 4.69) is 70.1 Å². The molecule has 0 aliphatic heterocycles. The third kappa shape index (κ3) is 3.39. The minimum Gasteiger partial charge on any atom is -0.241 e. The minimum absolute atomic E-state index is 0.300. The summed E-state index contributed by atoms with van der Waals surface area (Å²) in [7, 11) is 0. The number of hydrogen-bond acceptors (Lipinski definition) is 2. The Morgan fingerprint density at radius 3 is 2.50 bits per heavy atom. The van der Waals surface area contributed by atoms with Crippen LogP contribution < -0.4 is 0 Å². The van der Waals surface area contributed by atoms with Crippen LogP contribution in [0.25, 0.3) is 0 Å². The molecule has 0 radical (unpaired) electrons. The molecule has 2 aromatic rings. The Morgan fingerprint density at radius 1 is 1.11 bits per heavy atom. The first kappa shape index (κ1) is 13.2. The predicted octanol–water partition coefficient (Wildman–Crippen LogP) is 4.28. The van der Waals surface area contributed by atoms with E-state index in [4.69, 9.17) is 0 Å². The molecule has 0 aliphatic carbocycles. The van der Waals surface area contributed by atoms with E-state index in [9.17, 15) is 0 Å². The topological polar surface area (TPSA) is 25.8 Å². The second kappa shape index (κ2) is 6.10. The van der Waals surface area contributed by atoms with Crippen LogP contribution >= 0.6 is 15.9 Å². The molecular formula is C15H17BrN2. The first-order chi connectivity index (χ1) is 8.66. The van der Waals surface area contributed by atoms with Gasteiger partial charge in [-0.2, -0.15) is 0 Å². The summed E-state index contributed by atoms with van der Waals surface area (Å²) in [5.74, 6) is 0.442. The molecule has 0 saturated carbocycles. The molecule has 1 aromatic heterocycles. The molecule has 0 bridgehead atoms. The van der Waals surface area contributed by atoms with Gasteiger partial charge in [0.2, 0.25) is 0 Å². The van der Waals surface area contributed by atoms with Crippen molar-refractivity contribution in [2.24, 2.45) is 0 Å². The number of aromatic nitrogens is 2. The predicted molar refractivity (Wildman–Crippen MR) is 77.9 cm³/mol. The van der Waals surface area contributed by atoms with Crippen molar-refractivity contribution in [2.45, 2.75) is 31.0 Å². The second-order valence-corrected chi connectivity index (χ2v) is 5.78. The molecule has 2 rings (SSSR count). The zero-order valence-corrected chi connectivity index (χ0v) is 12.3. The zero-order chi connectivity index (χ0) is 13.0. The van der Waals surface area contributed by atoms with Crippen molar-refractivity contribution >= 4 is 15.9 Å². The van der Waals surface area contributed by atoms with Crippen LogP contribution in [-0.2, 0) is 6.42 Å². The SMILES string of the molecule is CC(C)c1cc(CC(Br)c2ccccc2)ncn1. The molecule has 0 saturated heterocycles. The summed E-state index contributed by atoms with van der Waals surface area (Å²) in [6, 6.07) is 12.5. The quantitative estimate of drug-likeness (QED) is 0.788. The highest BCUT2D eigenvalue weighted by molar-refractivity contribution is 9.09. The Labute approximate surface area is 117 Å². The third-order valence-corrected chi connectivity index (χ3v) is 3.74. The number of halogens is 1. The largest absolute Gasteiger partial charge is 0.241 e. The summed E-state index contributed by atoms with van der Waals surface area (Å²) in [4.78, 5) is 8.94. The maximum absolute atomic E-state index is 4.35. The van der Waals surface area contributed by atoms with Crippen LogP contribution in [0.5, 0.6) is 0 Å². The number of benzene rings is 1. The van der Waals surface area contributed by atoms with E-state index in [1.807, 2.05) is 6.07 Å². The average Bonchev–Trinajstić information content (AvgIpc) is 2.40. The molecule has 0 amide bonds. The second-order valence-electron chi connectivity index (χ2n) is 4.67. The van der Waals surface area contributed by atoms with Crippen molar-refractivity contribution < 1.29 is 0 Å². The molecule has 94 valence electrons. The van der Waals surface area contributed by atoms with E-state index in [1.165, 1.54) is 5.56 Å². The summed E-state index contributed by atoms with van der Waals surface area (Å²) in [6.45, 7) is 4.30. The molecule has 1 atom stereocenters. The lowest BCUT2D eigenvalue weighted by molar-refractivity contribution is 0.793. The normalized spacial score (nSPS) is 12.7. The maximum atomic E-state index is 4.35. The summed E-state index contributed by atoms with van der Waals surface area (Å²) in [5.41, 5.74) is 3.47. The zero-order valence-electron chi connectivity index (χ0n) is 10.7. The van der Waals surface area contributed by atoms with Gasteiger partial charge >= 0.3 is 0 Å². The highest BCUT2D eigenvalue weighted by atomic mass is 79.9. The Kier molecular flexibility index (Phi) is 4.48. The molecule has 2 nitrogen and oxygen atoms in total. The maximum Gasteiger partial charge on any atom is 0.115 e. The van der Waals surface area contributed by atoms with E-state index in [0.717, 1.165) is 17.8 Å². The highest BCUT2D eigenvalue weighted by Gasteiger charge is 2.10. The molecular weight excluding hydrogens is 288 g/mol. The van der Waals surface area contributed by atoms with Crippen molar-refractivity contribution in [3.8, 4) is 0 Å². The third-order valence-electron chi connectivity index (χ3n) is 2.89. The fraction of sp³-hybridized carbons (Fsp3) is 0.333. The van der Waals surface area contributed by atoms with E-state index in [0.29, 0.717) is 10.7 Å². The summed E-state index contributed by atoms with van der Waals surface area (Å²) in [6.07, 6.45) is 2.54. The first-order valence-corrected chi connectivity index (χ1v) is 7.08. The number of nitrogens with zero attached hydrogens (tertiary/aromatic N) is 2. The van der Waals surface area contributed by atoms with Gasteiger partial charge in [0.1, 0.15) is 6.33 Å². The van der Waals surface area contributed by atoms with E-state index in [-0.39, 0.29) is 0 Å². The van der Waals surface area contributed by atoms with Crippen molar-refractivity contribution in [1.82, 2.24) is 9.97 Å². The van der Waals surface area contributed by atoms with Crippen LogP contribution in [-0.4, -0.2) is 9.97 Å². The molecule has 0 spiro atoms. The Morgan fingerprint density at radius 2 is 1.83 bits per heavy atom. The van der Waals surface area contributed by atoms with E-state index in [1.54, 1.807) is 6.33 Å². The molecule has 1 heterocycles. The standard InChI is InChI=1S/C15H17BrN2/c1-11(2)15-9-13(17-10-18-15)8-14(16)12-6-4-3-5-7-12/h3-7,9-11,14H,8H2,1-2H3. The molecule has 0 aliphatic rings. The van der Waals surface area contributed by atoms with Gasteiger partial charge in [-0.25, -0.2) is 9.97 Å². The highest BCUT2D eigenvalue weighted by Crippen LogP contribution is 2.26. The van der Waals surface area contributed by atoms with Crippen LogP contribution in [0, 0.1) is 0 Å². The van der Waals surface area contributed by atoms with E-state index >= 15 is 0 Å².